The molecule has 0 aliphatic carbocycles. The molecule has 0 radical (unpaired) electrons. The van der Waals surface area contributed by atoms with Crippen LogP contribution in [0.1, 0.15) is 0 Å². The standard InChI is InChI=1S/C2H5AsO5.2Ag/c4-2(5)1-3(6,7)8;;/h1H2,(H,4,5)(H2,6,7,8);;/q;2*+1/p-2. The Hall–Kier alpha value is 1.23. The Morgan fingerprint density at radius 3 is 1.80 bits per heavy atom. The summed E-state index contributed by atoms with van der Waals surface area (Å²) >= 11 is -5.18. The number of aliphatic carboxylic acids is 1. The molecule has 5 nitrogen and oxygen atoms in total. The zero-order valence-electron chi connectivity index (χ0n) is 4.34. The van der Waals surface area contributed by atoms with Crippen LogP contribution in [0.15, 0.2) is 0 Å². The zero-order chi connectivity index (χ0) is 6.78. The molecule has 0 spiro atoms. The van der Waals surface area contributed by atoms with Crippen molar-refractivity contribution in [1.82, 2.24) is 0 Å². The van der Waals surface area contributed by atoms with Gasteiger partial charge in [0.2, 0.25) is 0 Å². The zero-order valence-corrected chi connectivity index (χ0v) is 9.18. The molecule has 0 saturated heterocycles. The number of rotatable bonds is 2. The summed E-state index contributed by atoms with van der Waals surface area (Å²) in [5.74, 6) is -1.77. The smallest absolute Gasteiger partial charge is 1.00 e. The van der Waals surface area contributed by atoms with Crippen LogP contribution >= 0.6 is 0 Å². The van der Waals surface area contributed by atoms with Crippen molar-refractivity contribution in [3.05, 3.63) is 0 Å². The normalized spacial score (nSPS) is 13.8. The van der Waals surface area contributed by atoms with Crippen LogP contribution in [0.2, 0.25) is 5.21 Å². The Morgan fingerprint density at radius 1 is 1.50 bits per heavy atom. The van der Waals surface area contributed by atoms with Crippen molar-refractivity contribution in [2.75, 3.05) is 0 Å². The summed E-state index contributed by atoms with van der Waals surface area (Å²) < 4.78 is 27.2. The average Bonchev–Trinajstić information content (AvgIpc) is 1.21. The molecule has 1 N–H and O–H groups in total. The van der Waals surface area contributed by atoms with E-state index in [4.69, 9.17) is 4.10 Å². The van der Waals surface area contributed by atoms with E-state index in [9.17, 15) is 17.7 Å². The molecule has 0 aliphatic rings. The second kappa shape index (κ2) is 6.91. The van der Waals surface area contributed by atoms with E-state index in [0.29, 0.717) is 0 Å². The van der Waals surface area contributed by atoms with Crippen LogP contribution in [0.25, 0.3) is 0 Å². The Bertz CT molecular complexity index is 141. The van der Waals surface area contributed by atoms with Gasteiger partial charge >= 0.3 is 91.9 Å². The van der Waals surface area contributed by atoms with E-state index in [1.54, 1.807) is 0 Å². The second-order valence-electron chi connectivity index (χ2n) is 1.17. The fourth-order valence-corrected chi connectivity index (χ4v) is 0.848. The number of carbonyl (C=O) groups is 1. The van der Waals surface area contributed by atoms with E-state index < -0.39 is 25.4 Å². The summed E-state index contributed by atoms with van der Waals surface area (Å²) in [6.45, 7) is 0. The Balaban J connectivity index is -0.000000245. The van der Waals surface area contributed by atoms with Gasteiger partial charge in [-0.1, -0.05) is 0 Å². The molecule has 0 aromatic rings. The molecule has 0 heterocycles. The predicted octanol–water partition coefficient (Wildman–Crippen LogP) is -3.55. The summed E-state index contributed by atoms with van der Waals surface area (Å²) in [5.41, 5.74) is 0. The van der Waals surface area contributed by atoms with Gasteiger partial charge in [0, 0.05) is 0 Å². The molecule has 1 atom stereocenters. The summed E-state index contributed by atoms with van der Waals surface area (Å²) in [6.07, 6.45) is 0. The van der Waals surface area contributed by atoms with Crippen molar-refractivity contribution >= 4 is 20.1 Å². The first-order valence-corrected chi connectivity index (χ1v) is 5.34. The van der Waals surface area contributed by atoms with Crippen molar-refractivity contribution in [3.63, 3.8) is 0 Å². The Kier molecular flexibility index (Phi) is 12.0. The maximum absolute atomic E-state index is 9.66. The third-order valence-electron chi connectivity index (χ3n) is 0.329. The average molecular weight is 398 g/mol. The number of carboxylic acid groups (broad SMARTS) is 1. The predicted molar refractivity (Wildman–Crippen MR) is 18.5 cm³/mol. The molecule has 0 aromatic carbocycles. The number of hydrogen-bond donors (Lipinski definition) is 1. The van der Waals surface area contributed by atoms with E-state index in [1.165, 1.54) is 0 Å². The van der Waals surface area contributed by atoms with Crippen molar-refractivity contribution in [1.29, 1.82) is 0 Å². The first-order valence-electron chi connectivity index (χ1n) is 1.64. The quantitative estimate of drug-likeness (QED) is 0.486. The molecule has 8 heteroatoms. The van der Waals surface area contributed by atoms with Crippen molar-refractivity contribution in [3.8, 4) is 0 Å². The summed E-state index contributed by atoms with van der Waals surface area (Å²) in [4.78, 5) is 9.39. The molecule has 68 valence electrons. The Labute approximate surface area is 91.2 Å². The molecule has 0 amide bonds. The minimum absolute atomic E-state index is 0. The van der Waals surface area contributed by atoms with Crippen LogP contribution in [-0.4, -0.2) is 24.2 Å². The second-order valence-corrected chi connectivity index (χ2v) is 4.51. The maximum Gasteiger partial charge on any atom is 1.00 e. The van der Waals surface area contributed by atoms with Crippen LogP contribution in [0.3, 0.4) is 0 Å². The molecule has 0 fully saturated rings. The van der Waals surface area contributed by atoms with Gasteiger partial charge in [0.15, 0.2) is 0 Å². The van der Waals surface area contributed by atoms with E-state index >= 15 is 0 Å². The fourth-order valence-electron chi connectivity index (χ4n) is 0.163. The van der Waals surface area contributed by atoms with Crippen molar-refractivity contribution < 1.29 is 66.6 Å². The van der Waals surface area contributed by atoms with Gasteiger partial charge in [-0.15, -0.1) is 0 Å². The van der Waals surface area contributed by atoms with Gasteiger partial charge in [-0.3, -0.25) is 0 Å². The Morgan fingerprint density at radius 2 is 1.80 bits per heavy atom. The molecule has 0 bridgehead atoms. The molecule has 0 saturated carbocycles. The van der Waals surface area contributed by atoms with Gasteiger partial charge in [-0.05, 0) is 0 Å². The van der Waals surface area contributed by atoms with E-state index in [-0.39, 0.29) is 44.8 Å². The first-order chi connectivity index (χ1) is 3.42. The van der Waals surface area contributed by atoms with Crippen LogP contribution in [0.5, 0.6) is 0 Å². The third-order valence-corrected chi connectivity index (χ3v) is 1.71. The summed E-state index contributed by atoms with van der Waals surface area (Å²) in [7, 11) is 0. The van der Waals surface area contributed by atoms with E-state index in [2.05, 4.69) is 0 Å². The monoisotopic (exact) mass is 396 g/mol. The molecular formula is C2H3Ag2AsO5. The van der Waals surface area contributed by atoms with Crippen LogP contribution in [-0.2, 0) is 53.3 Å². The molecular weight excluding hydrogens is 395 g/mol. The number of carboxylic acids is 1. The minimum Gasteiger partial charge on any atom is 1.00 e. The first kappa shape index (κ1) is 17.4. The SMILES string of the molecule is O=C([O-])C[As](=O)([O-])O.[Ag+].[Ag+]. The molecule has 0 aliphatic heterocycles. The molecule has 10 heavy (non-hydrogen) atoms. The van der Waals surface area contributed by atoms with Gasteiger partial charge in [0.1, 0.15) is 0 Å². The van der Waals surface area contributed by atoms with Crippen LogP contribution < -0.4 is 9.20 Å². The van der Waals surface area contributed by atoms with Crippen LogP contribution in [0.4, 0.5) is 0 Å². The topological polar surface area (TPSA) is 100 Å². The van der Waals surface area contributed by atoms with Crippen LogP contribution in [0, 0.1) is 0 Å². The largest absolute Gasteiger partial charge is 1.00 e. The number of carbonyl (C=O) groups excluding carboxylic acids is 1. The van der Waals surface area contributed by atoms with Gasteiger partial charge < -0.3 is 0 Å². The third kappa shape index (κ3) is 16.1. The molecule has 1 unspecified atom stereocenters. The molecule has 0 aromatic heterocycles. The van der Waals surface area contributed by atoms with Crippen molar-refractivity contribution in [2.24, 2.45) is 0 Å². The van der Waals surface area contributed by atoms with Gasteiger partial charge in [0.05, 0.1) is 0 Å². The van der Waals surface area contributed by atoms with Crippen molar-refractivity contribution in [2.45, 2.75) is 5.21 Å². The van der Waals surface area contributed by atoms with E-state index in [1.807, 2.05) is 0 Å². The minimum atomic E-state index is -5.18. The van der Waals surface area contributed by atoms with Gasteiger partial charge in [-0.25, -0.2) is 0 Å². The maximum atomic E-state index is 9.66. The van der Waals surface area contributed by atoms with Gasteiger partial charge in [0.25, 0.3) is 0 Å². The molecule has 0 rings (SSSR count). The number of hydrogen-bond acceptors (Lipinski definition) is 4. The van der Waals surface area contributed by atoms with Gasteiger partial charge in [-0.2, -0.15) is 0 Å². The summed E-state index contributed by atoms with van der Waals surface area (Å²) in [6, 6.07) is 0. The van der Waals surface area contributed by atoms with E-state index in [0.717, 1.165) is 0 Å². The summed E-state index contributed by atoms with van der Waals surface area (Å²) in [5, 5.41) is 8.14. The fraction of sp³-hybridized carbons (Fsp3) is 0.500.